The Balaban J connectivity index is 1.75. The summed E-state index contributed by atoms with van der Waals surface area (Å²) in [7, 11) is 3.44. The summed E-state index contributed by atoms with van der Waals surface area (Å²) in [6.07, 6.45) is 0. The van der Waals surface area contributed by atoms with Gasteiger partial charge in [0.15, 0.2) is 0 Å². The normalized spacial score (nSPS) is 10.6. The summed E-state index contributed by atoms with van der Waals surface area (Å²) in [6, 6.07) is 7.26. The zero-order valence-corrected chi connectivity index (χ0v) is 15.8. The van der Waals surface area contributed by atoms with Crippen molar-refractivity contribution >= 4 is 23.6 Å². The summed E-state index contributed by atoms with van der Waals surface area (Å²) in [5.41, 5.74) is 3.52. The molecule has 0 atom stereocenters. The fourth-order valence-electron chi connectivity index (χ4n) is 2.23. The standard InChI is InChI=1S/C18H23N3O3S/c1-12-16(13(2)24-20-12)10-25-11-17(22)19-9-14-5-7-15(8-6-14)18(23)21(3)4/h5-8H,9-11H2,1-4H3,(H,19,22). The predicted molar refractivity (Wildman–Crippen MR) is 98.4 cm³/mol. The van der Waals surface area contributed by atoms with Crippen LogP contribution in [-0.4, -0.2) is 41.7 Å². The lowest BCUT2D eigenvalue weighted by molar-refractivity contribution is -0.118. The minimum Gasteiger partial charge on any atom is -0.361 e. The second-order valence-electron chi connectivity index (χ2n) is 5.97. The Morgan fingerprint density at radius 3 is 2.44 bits per heavy atom. The van der Waals surface area contributed by atoms with Gasteiger partial charge < -0.3 is 14.7 Å². The SMILES string of the molecule is Cc1noc(C)c1CSCC(=O)NCc1ccc(C(=O)N(C)C)cc1. The Morgan fingerprint density at radius 1 is 1.20 bits per heavy atom. The smallest absolute Gasteiger partial charge is 0.253 e. The lowest BCUT2D eigenvalue weighted by Gasteiger charge is -2.11. The molecule has 0 aliphatic rings. The largest absolute Gasteiger partial charge is 0.361 e. The highest BCUT2D eigenvalue weighted by molar-refractivity contribution is 7.99. The number of hydrogen-bond acceptors (Lipinski definition) is 5. The summed E-state index contributed by atoms with van der Waals surface area (Å²) < 4.78 is 5.11. The van der Waals surface area contributed by atoms with Gasteiger partial charge in [-0.05, 0) is 31.5 Å². The zero-order valence-electron chi connectivity index (χ0n) is 15.0. The van der Waals surface area contributed by atoms with Crippen LogP contribution >= 0.6 is 11.8 Å². The third-order valence-electron chi connectivity index (χ3n) is 3.76. The van der Waals surface area contributed by atoms with E-state index >= 15 is 0 Å². The predicted octanol–water partition coefficient (Wildman–Crippen LogP) is 2.54. The van der Waals surface area contributed by atoms with Crippen molar-refractivity contribution in [3.8, 4) is 0 Å². The van der Waals surface area contributed by atoms with Crippen molar-refractivity contribution in [2.45, 2.75) is 26.1 Å². The second-order valence-corrected chi connectivity index (χ2v) is 6.95. The van der Waals surface area contributed by atoms with Crippen LogP contribution in [0, 0.1) is 13.8 Å². The first-order chi connectivity index (χ1) is 11.9. The van der Waals surface area contributed by atoms with Gasteiger partial charge in [-0.3, -0.25) is 9.59 Å². The van der Waals surface area contributed by atoms with E-state index in [9.17, 15) is 9.59 Å². The maximum atomic E-state index is 11.9. The molecule has 6 nitrogen and oxygen atoms in total. The van der Waals surface area contributed by atoms with Gasteiger partial charge in [-0.2, -0.15) is 0 Å². The lowest BCUT2D eigenvalue weighted by Crippen LogP contribution is -2.25. The highest BCUT2D eigenvalue weighted by atomic mass is 32.2. The number of thioether (sulfide) groups is 1. The summed E-state index contributed by atoms with van der Waals surface area (Å²) >= 11 is 1.53. The molecule has 0 aliphatic carbocycles. The minimum atomic E-state index is -0.0358. The zero-order chi connectivity index (χ0) is 18.4. The molecule has 1 aromatic carbocycles. The van der Waals surface area contributed by atoms with Gasteiger partial charge in [0, 0.05) is 37.5 Å². The molecule has 2 amide bonds. The third kappa shape index (κ3) is 5.35. The molecule has 0 aliphatic heterocycles. The van der Waals surface area contributed by atoms with Crippen LogP contribution in [0.2, 0.25) is 0 Å². The fourth-order valence-corrected chi connectivity index (χ4v) is 3.23. The molecule has 0 fully saturated rings. The van der Waals surface area contributed by atoms with Crippen molar-refractivity contribution in [1.29, 1.82) is 0 Å². The van der Waals surface area contributed by atoms with Crippen molar-refractivity contribution in [1.82, 2.24) is 15.4 Å². The Hall–Kier alpha value is -2.28. The Bertz CT molecular complexity index is 719. The number of aromatic nitrogens is 1. The van der Waals surface area contributed by atoms with Crippen molar-refractivity contribution in [2.75, 3.05) is 19.8 Å². The van der Waals surface area contributed by atoms with E-state index in [0.29, 0.717) is 23.6 Å². The van der Waals surface area contributed by atoms with Gasteiger partial charge in [0.05, 0.1) is 11.4 Å². The number of amides is 2. The number of hydrogen-bond donors (Lipinski definition) is 1. The highest BCUT2D eigenvalue weighted by Gasteiger charge is 2.10. The molecule has 1 aromatic heterocycles. The molecule has 25 heavy (non-hydrogen) atoms. The highest BCUT2D eigenvalue weighted by Crippen LogP contribution is 2.19. The number of nitrogens with zero attached hydrogens (tertiary/aromatic N) is 2. The number of carbonyl (C=O) groups excluding carboxylic acids is 2. The number of benzene rings is 1. The van der Waals surface area contributed by atoms with Crippen LogP contribution in [-0.2, 0) is 17.1 Å². The molecular formula is C18H23N3O3S. The summed E-state index contributed by atoms with van der Waals surface area (Å²) in [5.74, 6) is 1.83. The summed E-state index contributed by atoms with van der Waals surface area (Å²) in [4.78, 5) is 25.3. The molecule has 0 bridgehead atoms. The maximum Gasteiger partial charge on any atom is 0.253 e. The maximum absolute atomic E-state index is 11.9. The van der Waals surface area contributed by atoms with Gasteiger partial charge in [-0.15, -0.1) is 11.8 Å². The molecule has 0 radical (unpaired) electrons. The molecular weight excluding hydrogens is 338 g/mol. The average Bonchev–Trinajstić information content (AvgIpc) is 2.91. The summed E-state index contributed by atoms with van der Waals surface area (Å²) in [5, 5.41) is 6.79. The first kappa shape index (κ1) is 19.1. The van der Waals surface area contributed by atoms with E-state index in [1.807, 2.05) is 26.0 Å². The molecule has 2 aromatic rings. The van der Waals surface area contributed by atoms with Crippen LogP contribution < -0.4 is 5.32 Å². The second kappa shape index (κ2) is 8.71. The van der Waals surface area contributed by atoms with Crippen LogP contribution in [0.25, 0.3) is 0 Å². The van der Waals surface area contributed by atoms with Crippen molar-refractivity contribution in [3.63, 3.8) is 0 Å². The molecule has 0 saturated carbocycles. The monoisotopic (exact) mass is 361 g/mol. The molecule has 2 rings (SSSR count). The van der Waals surface area contributed by atoms with E-state index in [1.54, 1.807) is 26.2 Å². The Morgan fingerprint density at radius 2 is 1.88 bits per heavy atom. The van der Waals surface area contributed by atoms with Gasteiger partial charge in [0.2, 0.25) is 5.91 Å². The van der Waals surface area contributed by atoms with Gasteiger partial charge in [-0.25, -0.2) is 0 Å². The number of carbonyl (C=O) groups is 2. The van der Waals surface area contributed by atoms with Crippen molar-refractivity contribution < 1.29 is 14.1 Å². The number of nitrogens with one attached hydrogen (secondary N) is 1. The quantitative estimate of drug-likeness (QED) is 0.820. The minimum absolute atomic E-state index is 0.0230. The van der Waals surface area contributed by atoms with Gasteiger partial charge in [0.1, 0.15) is 5.76 Å². The molecule has 1 heterocycles. The van der Waals surface area contributed by atoms with Crippen molar-refractivity contribution in [3.05, 3.63) is 52.4 Å². The first-order valence-electron chi connectivity index (χ1n) is 7.95. The summed E-state index contributed by atoms with van der Waals surface area (Å²) in [6.45, 7) is 4.22. The van der Waals surface area contributed by atoms with Crippen LogP contribution in [0.15, 0.2) is 28.8 Å². The third-order valence-corrected chi connectivity index (χ3v) is 4.72. The number of rotatable bonds is 7. The average molecular weight is 361 g/mol. The topological polar surface area (TPSA) is 75.4 Å². The van der Waals surface area contributed by atoms with Crippen LogP contribution in [0.5, 0.6) is 0 Å². The first-order valence-corrected chi connectivity index (χ1v) is 9.10. The fraction of sp³-hybridized carbons (Fsp3) is 0.389. The Labute approximate surface area is 151 Å². The Kier molecular flexibility index (Phi) is 6.64. The van der Waals surface area contributed by atoms with E-state index < -0.39 is 0 Å². The molecule has 0 spiro atoms. The lowest BCUT2D eigenvalue weighted by atomic mass is 10.1. The van der Waals surface area contributed by atoms with Crippen LogP contribution in [0.1, 0.15) is 32.9 Å². The van der Waals surface area contributed by atoms with E-state index in [1.165, 1.54) is 16.7 Å². The number of aryl methyl sites for hydroxylation is 2. The molecule has 1 N–H and O–H groups in total. The van der Waals surface area contributed by atoms with E-state index in [-0.39, 0.29) is 11.8 Å². The van der Waals surface area contributed by atoms with E-state index in [0.717, 1.165) is 22.6 Å². The molecule has 0 saturated heterocycles. The van der Waals surface area contributed by atoms with Gasteiger partial charge in [-0.1, -0.05) is 17.3 Å². The molecule has 0 unspecified atom stereocenters. The van der Waals surface area contributed by atoms with E-state index in [4.69, 9.17) is 4.52 Å². The van der Waals surface area contributed by atoms with Crippen LogP contribution in [0.3, 0.4) is 0 Å². The van der Waals surface area contributed by atoms with Crippen LogP contribution in [0.4, 0.5) is 0 Å². The molecule has 7 heteroatoms. The van der Waals surface area contributed by atoms with Crippen molar-refractivity contribution in [2.24, 2.45) is 0 Å². The van der Waals surface area contributed by atoms with E-state index in [2.05, 4.69) is 10.5 Å². The van der Waals surface area contributed by atoms with Gasteiger partial charge >= 0.3 is 0 Å². The van der Waals surface area contributed by atoms with Gasteiger partial charge in [0.25, 0.3) is 5.91 Å². The molecule has 134 valence electrons.